The number of likely N-dealkylation sites (N-methyl/N-ethyl adjacent to an activating group) is 1. The van der Waals surface area contributed by atoms with E-state index in [1.165, 1.54) is 32.5 Å². The third kappa shape index (κ3) is 8.56. The fourth-order valence-electron chi connectivity index (χ4n) is 3.57. The summed E-state index contributed by atoms with van der Waals surface area (Å²) >= 11 is 0. The molecule has 0 aliphatic rings. The maximum atomic E-state index is 13.0. The number of oxime groups is 3. The van der Waals surface area contributed by atoms with Gasteiger partial charge in [-0.05, 0) is 56.3 Å². The molecule has 1 amide bonds. The maximum absolute atomic E-state index is 13.0. The molecule has 0 radical (unpaired) electrons. The normalized spacial score (nSPS) is 13.0. The summed E-state index contributed by atoms with van der Waals surface area (Å²) in [5.74, 6) is -0.0473. The van der Waals surface area contributed by atoms with Gasteiger partial charge in [0.05, 0.1) is 11.8 Å². The quantitative estimate of drug-likeness (QED) is 0.209. The molecule has 3 rings (SSSR count). The van der Waals surface area contributed by atoms with Crippen LogP contribution >= 0.6 is 0 Å². The zero-order valence-electron chi connectivity index (χ0n) is 22.8. The summed E-state index contributed by atoms with van der Waals surface area (Å²) in [6.45, 7) is 3.80. The van der Waals surface area contributed by atoms with Crippen LogP contribution in [0.2, 0.25) is 0 Å². The first kappa shape index (κ1) is 30.7. The summed E-state index contributed by atoms with van der Waals surface area (Å²) in [5, 5.41) is 14.5. The van der Waals surface area contributed by atoms with Crippen LogP contribution in [0.4, 0.5) is 13.2 Å². The average Bonchev–Trinajstić information content (AvgIpc) is 2.97. The van der Waals surface area contributed by atoms with Crippen LogP contribution in [0, 0.1) is 0 Å². The lowest BCUT2D eigenvalue weighted by Crippen LogP contribution is -2.29. The van der Waals surface area contributed by atoms with Crippen molar-refractivity contribution < 1.29 is 37.2 Å². The summed E-state index contributed by atoms with van der Waals surface area (Å²) in [4.78, 5) is 28.2. The smallest absolute Gasteiger partial charge is 0.416 e. The Balaban J connectivity index is 1.75. The fraction of sp³-hybridized carbons (Fsp3) is 0.241. The Labute approximate surface area is 235 Å². The van der Waals surface area contributed by atoms with Crippen LogP contribution in [0.15, 0.2) is 88.3 Å². The summed E-state index contributed by atoms with van der Waals surface area (Å²) in [7, 11) is 2.87. The third-order valence-corrected chi connectivity index (χ3v) is 5.51. The standard InChI is InChI=1S/C29H29F3N4O5/c1-5-39-36-27(28(37)33-3)25-12-7-6-11-24(25)19(2)41-34-18-26(35-38-4)20-13-15-22(16-14-20)40-23-10-8-9-21(17-23)29(30,31)32/h6-19H,5H2,1-4H3,(H,33,37). The Hall–Kier alpha value is -4.87. The molecular weight excluding hydrogens is 541 g/mol. The number of amides is 1. The lowest BCUT2D eigenvalue weighted by Gasteiger charge is -2.15. The predicted octanol–water partition coefficient (Wildman–Crippen LogP) is 6.10. The van der Waals surface area contributed by atoms with Gasteiger partial charge < -0.3 is 24.6 Å². The summed E-state index contributed by atoms with van der Waals surface area (Å²) < 4.78 is 44.5. The molecule has 3 aromatic rings. The number of hydrogen-bond donors (Lipinski definition) is 1. The van der Waals surface area contributed by atoms with E-state index in [1.54, 1.807) is 62.4 Å². The van der Waals surface area contributed by atoms with Gasteiger partial charge in [0, 0.05) is 23.7 Å². The molecular formula is C29H29F3N4O5. The van der Waals surface area contributed by atoms with E-state index < -0.39 is 23.8 Å². The molecule has 9 nitrogen and oxygen atoms in total. The van der Waals surface area contributed by atoms with Crippen molar-refractivity contribution in [3.8, 4) is 11.5 Å². The Bertz CT molecular complexity index is 1410. The van der Waals surface area contributed by atoms with Crippen molar-refractivity contribution >= 4 is 23.5 Å². The summed E-state index contributed by atoms with van der Waals surface area (Å²) in [6.07, 6.45) is -3.72. The van der Waals surface area contributed by atoms with Gasteiger partial charge in [0.25, 0.3) is 5.91 Å². The number of nitrogens with zero attached hydrogens (tertiary/aromatic N) is 3. The van der Waals surface area contributed by atoms with Gasteiger partial charge in [-0.1, -0.05) is 45.8 Å². The van der Waals surface area contributed by atoms with Crippen LogP contribution in [0.1, 0.15) is 42.2 Å². The lowest BCUT2D eigenvalue weighted by atomic mass is 9.99. The van der Waals surface area contributed by atoms with Gasteiger partial charge >= 0.3 is 6.18 Å². The SMILES string of the molecule is CCON=C(C(=O)NC)c1ccccc1C(C)ON=CC(=NOC)c1ccc(Oc2cccc(C(F)(F)F)c2)cc1. The minimum atomic E-state index is -4.47. The molecule has 41 heavy (non-hydrogen) atoms. The van der Waals surface area contributed by atoms with E-state index in [9.17, 15) is 18.0 Å². The van der Waals surface area contributed by atoms with Crippen LogP contribution in [0.3, 0.4) is 0 Å². The highest BCUT2D eigenvalue weighted by molar-refractivity contribution is 6.45. The number of carbonyl (C=O) groups excluding carboxylic acids is 1. The second-order valence-electron chi connectivity index (χ2n) is 8.32. The Morgan fingerprint density at radius 2 is 1.73 bits per heavy atom. The summed E-state index contributed by atoms with van der Waals surface area (Å²) in [5.41, 5.74) is 1.34. The number of halogens is 3. The largest absolute Gasteiger partial charge is 0.457 e. The Morgan fingerprint density at radius 1 is 1.00 bits per heavy atom. The van der Waals surface area contributed by atoms with Crippen molar-refractivity contribution in [3.05, 3.63) is 95.1 Å². The molecule has 0 fully saturated rings. The van der Waals surface area contributed by atoms with Crippen LogP contribution in [0.25, 0.3) is 0 Å². The highest BCUT2D eigenvalue weighted by atomic mass is 19.4. The number of benzene rings is 3. The van der Waals surface area contributed by atoms with E-state index >= 15 is 0 Å². The first-order chi connectivity index (χ1) is 19.7. The highest BCUT2D eigenvalue weighted by Crippen LogP contribution is 2.32. The molecule has 1 atom stereocenters. The maximum Gasteiger partial charge on any atom is 0.416 e. The van der Waals surface area contributed by atoms with E-state index in [0.29, 0.717) is 34.8 Å². The van der Waals surface area contributed by atoms with Gasteiger partial charge in [0.1, 0.15) is 37.0 Å². The topological polar surface area (TPSA) is 103 Å². The van der Waals surface area contributed by atoms with Crippen LogP contribution in [-0.4, -0.2) is 44.3 Å². The van der Waals surface area contributed by atoms with E-state index in [1.807, 2.05) is 0 Å². The number of nitrogens with one attached hydrogen (secondary N) is 1. The first-order valence-electron chi connectivity index (χ1n) is 12.4. The summed E-state index contributed by atoms with van der Waals surface area (Å²) in [6, 6.07) is 18.1. The molecule has 3 aromatic carbocycles. The Morgan fingerprint density at radius 3 is 2.39 bits per heavy atom. The van der Waals surface area contributed by atoms with Gasteiger partial charge in [-0.15, -0.1) is 0 Å². The van der Waals surface area contributed by atoms with E-state index in [-0.39, 0.29) is 11.5 Å². The van der Waals surface area contributed by atoms with Crippen molar-refractivity contribution in [2.75, 3.05) is 20.8 Å². The number of rotatable bonds is 12. The minimum absolute atomic E-state index is 0.0495. The Kier molecular flexibility index (Phi) is 10.8. The molecule has 216 valence electrons. The molecule has 1 N–H and O–H groups in total. The monoisotopic (exact) mass is 570 g/mol. The second kappa shape index (κ2) is 14.5. The van der Waals surface area contributed by atoms with Crippen molar-refractivity contribution in [1.82, 2.24) is 5.32 Å². The van der Waals surface area contributed by atoms with E-state index in [4.69, 9.17) is 19.2 Å². The number of carbonyl (C=O) groups is 1. The third-order valence-electron chi connectivity index (χ3n) is 5.51. The minimum Gasteiger partial charge on any atom is -0.457 e. The molecule has 0 saturated heterocycles. The number of alkyl halides is 3. The molecule has 0 aromatic heterocycles. The van der Waals surface area contributed by atoms with Crippen molar-refractivity contribution in [1.29, 1.82) is 0 Å². The number of ether oxygens (including phenoxy) is 1. The highest BCUT2D eigenvalue weighted by Gasteiger charge is 2.30. The molecule has 0 spiro atoms. The molecule has 0 aliphatic heterocycles. The first-order valence-corrected chi connectivity index (χ1v) is 12.4. The van der Waals surface area contributed by atoms with Gasteiger partial charge in [-0.3, -0.25) is 4.79 Å². The van der Waals surface area contributed by atoms with E-state index in [2.05, 4.69) is 20.8 Å². The molecule has 12 heteroatoms. The van der Waals surface area contributed by atoms with Crippen LogP contribution in [0.5, 0.6) is 11.5 Å². The van der Waals surface area contributed by atoms with Gasteiger partial charge in [-0.25, -0.2) is 0 Å². The molecule has 0 saturated carbocycles. The zero-order chi connectivity index (χ0) is 29.8. The molecule has 1 unspecified atom stereocenters. The van der Waals surface area contributed by atoms with Crippen LogP contribution < -0.4 is 10.1 Å². The van der Waals surface area contributed by atoms with Crippen molar-refractivity contribution in [2.45, 2.75) is 26.1 Å². The second-order valence-corrected chi connectivity index (χ2v) is 8.32. The van der Waals surface area contributed by atoms with Crippen molar-refractivity contribution in [3.63, 3.8) is 0 Å². The lowest BCUT2D eigenvalue weighted by molar-refractivity contribution is -0.137. The molecule has 0 heterocycles. The van der Waals surface area contributed by atoms with Crippen LogP contribution in [-0.2, 0) is 25.5 Å². The average molecular weight is 571 g/mol. The van der Waals surface area contributed by atoms with E-state index in [0.717, 1.165) is 12.1 Å². The predicted molar refractivity (Wildman–Crippen MR) is 148 cm³/mol. The van der Waals surface area contributed by atoms with Gasteiger partial charge in [0.2, 0.25) is 0 Å². The van der Waals surface area contributed by atoms with Gasteiger partial charge in [-0.2, -0.15) is 13.2 Å². The van der Waals surface area contributed by atoms with Crippen molar-refractivity contribution in [2.24, 2.45) is 15.5 Å². The molecule has 0 aliphatic carbocycles. The fourth-order valence-corrected chi connectivity index (χ4v) is 3.57. The van der Waals surface area contributed by atoms with Gasteiger partial charge in [0.15, 0.2) is 5.71 Å². The molecule has 0 bridgehead atoms. The zero-order valence-corrected chi connectivity index (χ0v) is 22.8. The number of hydrogen-bond acceptors (Lipinski definition) is 8.